The number of aryl methyl sites for hydroxylation is 1. The fraction of sp³-hybridized carbons (Fsp3) is 0.214. The van der Waals surface area contributed by atoms with Gasteiger partial charge in [0.1, 0.15) is 18.3 Å². The number of rotatable bonds is 4. The minimum Gasteiger partial charge on any atom is -0.341 e. The molecule has 102 valence electrons. The van der Waals surface area contributed by atoms with Crippen molar-refractivity contribution in [1.29, 1.82) is 5.26 Å². The van der Waals surface area contributed by atoms with E-state index in [0.717, 1.165) is 5.56 Å². The molecule has 0 fully saturated rings. The van der Waals surface area contributed by atoms with Gasteiger partial charge in [-0.1, -0.05) is 29.8 Å². The molecule has 1 heterocycles. The molecule has 2 rings (SSSR count). The minimum atomic E-state index is -0.482. The van der Waals surface area contributed by atoms with Gasteiger partial charge in [0.05, 0.1) is 6.07 Å². The van der Waals surface area contributed by atoms with Crippen LogP contribution in [0.25, 0.3) is 0 Å². The van der Waals surface area contributed by atoms with E-state index >= 15 is 0 Å². The van der Waals surface area contributed by atoms with E-state index in [1.54, 1.807) is 23.0 Å². The van der Waals surface area contributed by atoms with Crippen LogP contribution < -0.4 is 5.32 Å². The summed E-state index contributed by atoms with van der Waals surface area (Å²) in [5, 5.41) is 11.9. The highest BCUT2D eigenvalue weighted by molar-refractivity contribution is 6.31. The first kappa shape index (κ1) is 14.1. The van der Waals surface area contributed by atoms with Gasteiger partial charge < -0.3 is 9.88 Å². The van der Waals surface area contributed by atoms with Crippen LogP contribution in [0.2, 0.25) is 5.02 Å². The minimum absolute atomic E-state index is 0.203. The average Bonchev–Trinajstić information content (AvgIpc) is 2.83. The summed E-state index contributed by atoms with van der Waals surface area (Å²) in [6.45, 7) is 0. The maximum absolute atomic E-state index is 11.7. The molecule has 0 radical (unpaired) electrons. The Kier molecular flexibility index (Phi) is 4.38. The summed E-state index contributed by atoms with van der Waals surface area (Å²) >= 11 is 6.20. The van der Waals surface area contributed by atoms with Gasteiger partial charge in [-0.25, -0.2) is 4.98 Å². The van der Waals surface area contributed by atoms with Crippen LogP contribution in [0.4, 0.5) is 0 Å². The van der Waals surface area contributed by atoms with Gasteiger partial charge in [-0.2, -0.15) is 5.26 Å². The number of nitriles is 1. The number of nitrogens with zero attached hydrogens (tertiary/aromatic N) is 3. The maximum Gasteiger partial charge on any atom is 0.235 e. The van der Waals surface area contributed by atoms with Crippen molar-refractivity contribution in [3.05, 3.63) is 53.1 Å². The number of carbonyl (C=O) groups excluding carboxylic acids is 1. The fourth-order valence-corrected chi connectivity index (χ4v) is 2.17. The number of nitrogens with one attached hydrogen (secondary N) is 1. The van der Waals surface area contributed by atoms with Gasteiger partial charge in [0, 0.05) is 30.0 Å². The largest absolute Gasteiger partial charge is 0.341 e. The van der Waals surface area contributed by atoms with Crippen molar-refractivity contribution in [3.63, 3.8) is 0 Å². The summed E-state index contributed by atoms with van der Waals surface area (Å²) < 4.78 is 1.81. The third kappa shape index (κ3) is 2.98. The predicted octanol–water partition coefficient (Wildman–Crippen LogP) is 2.19. The first-order valence-electron chi connectivity index (χ1n) is 6.01. The van der Waals surface area contributed by atoms with E-state index in [1.165, 1.54) is 0 Å². The normalized spacial score (nSPS) is 11.7. The van der Waals surface area contributed by atoms with Crippen LogP contribution in [0.3, 0.4) is 0 Å². The van der Waals surface area contributed by atoms with Gasteiger partial charge in [0.15, 0.2) is 0 Å². The number of aromatic nitrogens is 2. The Bertz CT molecular complexity index is 659. The molecule has 0 aliphatic heterocycles. The monoisotopic (exact) mass is 288 g/mol. The van der Waals surface area contributed by atoms with Crippen molar-refractivity contribution in [2.45, 2.75) is 12.5 Å². The second-order valence-electron chi connectivity index (χ2n) is 4.25. The predicted molar refractivity (Wildman–Crippen MR) is 74.9 cm³/mol. The van der Waals surface area contributed by atoms with E-state index in [0.29, 0.717) is 10.8 Å². The summed E-state index contributed by atoms with van der Waals surface area (Å²) in [4.78, 5) is 16.0. The molecule has 1 aromatic carbocycles. The van der Waals surface area contributed by atoms with Crippen molar-refractivity contribution in [1.82, 2.24) is 14.9 Å². The highest BCUT2D eigenvalue weighted by Crippen LogP contribution is 2.27. The molecule has 1 unspecified atom stereocenters. The van der Waals surface area contributed by atoms with Crippen LogP contribution in [0, 0.1) is 11.3 Å². The molecule has 5 nitrogen and oxygen atoms in total. The Morgan fingerprint density at radius 3 is 2.90 bits per heavy atom. The number of hydrogen-bond donors (Lipinski definition) is 1. The lowest BCUT2D eigenvalue weighted by atomic mass is 10.1. The van der Waals surface area contributed by atoms with Crippen LogP contribution in [0.1, 0.15) is 23.9 Å². The van der Waals surface area contributed by atoms with Crippen molar-refractivity contribution >= 4 is 17.5 Å². The SMILES string of the molecule is Cn1ccnc1C(NC(=O)CC#N)c1ccccc1Cl. The number of amides is 1. The van der Waals surface area contributed by atoms with Gasteiger partial charge >= 0.3 is 0 Å². The second-order valence-corrected chi connectivity index (χ2v) is 4.66. The van der Waals surface area contributed by atoms with Gasteiger partial charge in [-0.3, -0.25) is 4.79 Å². The van der Waals surface area contributed by atoms with E-state index in [9.17, 15) is 4.79 Å². The Labute approximate surface area is 121 Å². The molecule has 2 aromatic rings. The molecule has 0 aliphatic rings. The van der Waals surface area contributed by atoms with Gasteiger partial charge in [-0.05, 0) is 6.07 Å². The van der Waals surface area contributed by atoms with Crippen LogP contribution in [0.15, 0.2) is 36.7 Å². The van der Waals surface area contributed by atoms with Gasteiger partial charge in [-0.15, -0.1) is 0 Å². The van der Waals surface area contributed by atoms with Gasteiger partial charge in [0.25, 0.3) is 0 Å². The van der Waals surface area contributed by atoms with E-state index in [2.05, 4.69) is 10.3 Å². The summed E-state index contributed by atoms with van der Waals surface area (Å²) in [6, 6.07) is 8.58. The third-order valence-electron chi connectivity index (χ3n) is 2.88. The first-order valence-corrected chi connectivity index (χ1v) is 6.39. The molecule has 1 N–H and O–H groups in total. The number of benzene rings is 1. The average molecular weight is 289 g/mol. The lowest BCUT2D eigenvalue weighted by molar-refractivity contribution is -0.120. The maximum atomic E-state index is 11.7. The van der Waals surface area contributed by atoms with Gasteiger partial charge in [0.2, 0.25) is 5.91 Å². The third-order valence-corrected chi connectivity index (χ3v) is 3.22. The zero-order valence-electron chi connectivity index (χ0n) is 10.9. The number of halogens is 1. The Morgan fingerprint density at radius 2 is 2.30 bits per heavy atom. The van der Waals surface area contributed by atoms with Crippen molar-refractivity contribution in [2.75, 3.05) is 0 Å². The zero-order valence-corrected chi connectivity index (χ0v) is 11.6. The molecule has 1 atom stereocenters. The number of hydrogen-bond acceptors (Lipinski definition) is 3. The molecule has 0 bridgehead atoms. The van der Waals surface area contributed by atoms with Crippen LogP contribution >= 0.6 is 11.6 Å². The Morgan fingerprint density at radius 1 is 1.55 bits per heavy atom. The number of imidazole rings is 1. The molecule has 0 saturated heterocycles. The highest BCUT2D eigenvalue weighted by Gasteiger charge is 2.22. The molecule has 0 aliphatic carbocycles. The summed E-state index contributed by atoms with van der Waals surface area (Å²) in [5.41, 5.74) is 0.745. The van der Waals surface area contributed by atoms with Crippen LogP contribution in [0.5, 0.6) is 0 Å². The van der Waals surface area contributed by atoms with E-state index in [1.807, 2.05) is 31.3 Å². The lowest BCUT2D eigenvalue weighted by Gasteiger charge is -2.19. The highest BCUT2D eigenvalue weighted by atomic mass is 35.5. The lowest BCUT2D eigenvalue weighted by Crippen LogP contribution is -2.30. The van der Waals surface area contributed by atoms with E-state index < -0.39 is 6.04 Å². The van der Waals surface area contributed by atoms with E-state index in [-0.39, 0.29) is 12.3 Å². The molecule has 0 spiro atoms. The molecule has 0 saturated carbocycles. The first-order chi connectivity index (χ1) is 9.63. The molecule has 1 aromatic heterocycles. The molecule has 20 heavy (non-hydrogen) atoms. The molecular weight excluding hydrogens is 276 g/mol. The second kappa shape index (κ2) is 6.22. The summed E-state index contributed by atoms with van der Waals surface area (Å²) in [6.07, 6.45) is 3.23. The fourth-order valence-electron chi connectivity index (χ4n) is 1.93. The van der Waals surface area contributed by atoms with Crippen molar-refractivity contribution < 1.29 is 4.79 Å². The Balaban J connectivity index is 2.40. The van der Waals surface area contributed by atoms with Crippen LogP contribution in [-0.4, -0.2) is 15.5 Å². The summed E-state index contributed by atoms with van der Waals surface area (Å²) in [5.74, 6) is 0.296. The molecule has 1 amide bonds. The van der Waals surface area contributed by atoms with Crippen LogP contribution in [-0.2, 0) is 11.8 Å². The molecular formula is C14H13ClN4O. The number of carbonyl (C=O) groups is 1. The Hall–Kier alpha value is -2.32. The molecule has 6 heteroatoms. The smallest absolute Gasteiger partial charge is 0.235 e. The van der Waals surface area contributed by atoms with E-state index in [4.69, 9.17) is 16.9 Å². The standard InChI is InChI=1S/C14H13ClN4O/c1-19-9-8-17-14(19)13(18-12(20)6-7-16)10-4-2-3-5-11(10)15/h2-5,8-9,13H,6H2,1H3,(H,18,20). The zero-order chi connectivity index (χ0) is 14.5. The van der Waals surface area contributed by atoms with Crippen molar-refractivity contribution in [2.24, 2.45) is 7.05 Å². The topological polar surface area (TPSA) is 70.7 Å². The quantitative estimate of drug-likeness (QED) is 0.937. The summed E-state index contributed by atoms with van der Waals surface area (Å²) in [7, 11) is 1.84. The van der Waals surface area contributed by atoms with Crippen molar-refractivity contribution in [3.8, 4) is 6.07 Å².